The maximum Gasteiger partial charge on any atom is 0.164 e. The zero-order chi connectivity index (χ0) is 36.3. The van der Waals surface area contributed by atoms with Crippen LogP contribution in [0.4, 0.5) is 0 Å². The fourth-order valence-electron chi connectivity index (χ4n) is 8.06. The molecule has 0 radical (unpaired) electrons. The molecule has 0 saturated carbocycles. The normalized spacial score (nSPS) is 11.6. The summed E-state index contributed by atoms with van der Waals surface area (Å²) in [6, 6.07) is 68.7. The van der Waals surface area contributed by atoms with Crippen molar-refractivity contribution in [3.63, 3.8) is 0 Å². The van der Waals surface area contributed by atoms with Crippen LogP contribution in [-0.4, -0.2) is 19.5 Å². The van der Waals surface area contributed by atoms with Crippen LogP contribution in [0.15, 0.2) is 194 Å². The molecule has 0 atom stereocenters. The van der Waals surface area contributed by atoms with Gasteiger partial charge in [0.25, 0.3) is 0 Å². The van der Waals surface area contributed by atoms with E-state index >= 15 is 0 Å². The minimum absolute atomic E-state index is 0.638. The second-order valence-corrected chi connectivity index (χ2v) is 14.1. The highest BCUT2D eigenvalue weighted by molar-refractivity contribution is 6.24. The van der Waals surface area contributed by atoms with Gasteiger partial charge in [0.05, 0.1) is 11.0 Å². The van der Waals surface area contributed by atoms with E-state index in [1.165, 1.54) is 43.7 Å². The molecule has 256 valence electrons. The van der Waals surface area contributed by atoms with Crippen molar-refractivity contribution in [2.75, 3.05) is 0 Å². The Bertz CT molecular complexity index is 3000. The maximum absolute atomic E-state index is 5.09. The van der Waals surface area contributed by atoms with Gasteiger partial charge in [-0.2, -0.15) is 0 Å². The zero-order valence-electron chi connectivity index (χ0n) is 29.8. The van der Waals surface area contributed by atoms with Crippen molar-refractivity contribution < 1.29 is 0 Å². The molecule has 0 spiro atoms. The fourth-order valence-corrected chi connectivity index (χ4v) is 8.06. The first-order chi connectivity index (χ1) is 27.2. The largest absolute Gasteiger partial charge is 0.309 e. The number of aromatic nitrogens is 4. The van der Waals surface area contributed by atoms with E-state index in [2.05, 4.69) is 187 Å². The van der Waals surface area contributed by atoms with Crippen LogP contribution in [-0.2, 0) is 0 Å². The van der Waals surface area contributed by atoms with Crippen LogP contribution in [0.5, 0.6) is 0 Å². The molecule has 0 aliphatic carbocycles. The van der Waals surface area contributed by atoms with Crippen LogP contribution in [0.1, 0.15) is 0 Å². The molecule has 0 aliphatic heterocycles. The van der Waals surface area contributed by atoms with Gasteiger partial charge in [-0.3, -0.25) is 0 Å². The molecule has 0 amide bonds. The Morgan fingerprint density at radius 1 is 0.273 bits per heavy atom. The van der Waals surface area contributed by atoms with Gasteiger partial charge in [-0.1, -0.05) is 164 Å². The lowest BCUT2D eigenvalue weighted by Gasteiger charge is -2.12. The smallest absolute Gasteiger partial charge is 0.164 e. The summed E-state index contributed by atoms with van der Waals surface area (Å²) in [4.78, 5) is 15.2. The van der Waals surface area contributed by atoms with E-state index in [0.717, 1.165) is 44.3 Å². The van der Waals surface area contributed by atoms with Gasteiger partial charge < -0.3 is 4.57 Å². The van der Waals surface area contributed by atoms with E-state index in [0.29, 0.717) is 17.5 Å². The van der Waals surface area contributed by atoms with Crippen molar-refractivity contribution in [3.05, 3.63) is 194 Å². The molecule has 4 nitrogen and oxygen atoms in total. The van der Waals surface area contributed by atoms with Gasteiger partial charge in [0.1, 0.15) is 0 Å². The Hall–Kier alpha value is -7.43. The van der Waals surface area contributed by atoms with Crippen LogP contribution in [0.2, 0.25) is 0 Å². The van der Waals surface area contributed by atoms with Crippen LogP contribution >= 0.6 is 0 Å². The van der Waals surface area contributed by atoms with Crippen LogP contribution in [0, 0.1) is 0 Å². The number of hydrogen-bond acceptors (Lipinski definition) is 3. The molecule has 11 aromatic rings. The highest BCUT2D eigenvalue weighted by atomic mass is 15.0. The van der Waals surface area contributed by atoms with E-state index in [1.807, 2.05) is 12.1 Å². The summed E-state index contributed by atoms with van der Waals surface area (Å²) in [5.74, 6) is 1.91. The van der Waals surface area contributed by atoms with E-state index in [-0.39, 0.29) is 0 Å². The van der Waals surface area contributed by atoms with Crippen LogP contribution in [0.25, 0.3) is 105 Å². The fraction of sp³-hybridized carbons (Fsp3) is 0. The lowest BCUT2D eigenvalue weighted by atomic mass is 10.0. The Morgan fingerprint density at radius 3 is 1.20 bits per heavy atom. The Balaban J connectivity index is 1.01. The molecule has 0 unspecified atom stereocenters. The van der Waals surface area contributed by atoms with Crippen molar-refractivity contribution in [3.8, 4) is 62.1 Å². The van der Waals surface area contributed by atoms with E-state index in [4.69, 9.17) is 15.0 Å². The quantitative estimate of drug-likeness (QED) is 0.162. The number of fused-ring (bicyclic) bond motifs is 1. The Kier molecular flexibility index (Phi) is 7.14. The summed E-state index contributed by atoms with van der Waals surface area (Å²) in [5, 5.41) is 7.44. The first-order valence-electron chi connectivity index (χ1n) is 18.6. The number of nitrogens with zero attached hydrogens (tertiary/aromatic N) is 4. The summed E-state index contributed by atoms with van der Waals surface area (Å²) in [6.07, 6.45) is 0. The average molecular weight is 701 g/mol. The predicted molar refractivity (Wildman–Crippen MR) is 228 cm³/mol. The third kappa shape index (κ3) is 5.34. The third-order valence-corrected chi connectivity index (χ3v) is 10.8. The first kappa shape index (κ1) is 31.1. The van der Waals surface area contributed by atoms with Gasteiger partial charge in [-0.25, -0.2) is 15.0 Å². The number of benzene rings is 9. The Morgan fingerprint density at radius 2 is 0.673 bits per heavy atom. The molecule has 0 bridgehead atoms. The SMILES string of the molecule is c1ccc(-c2ccc(-c3nc(-c4ccc(-c5ccccc5)cc4)nc(-c4ccc5cc(-n6c7cccc8ccc9cccc6c9c87)ccc5c4)n3)cc2)cc1. The summed E-state index contributed by atoms with van der Waals surface area (Å²) < 4.78 is 2.40. The molecule has 55 heavy (non-hydrogen) atoms. The lowest BCUT2D eigenvalue weighted by molar-refractivity contribution is 1.07. The van der Waals surface area contributed by atoms with Crippen molar-refractivity contribution in [2.24, 2.45) is 0 Å². The monoisotopic (exact) mass is 700 g/mol. The highest BCUT2D eigenvalue weighted by Crippen LogP contribution is 2.39. The Labute approximate surface area is 318 Å². The van der Waals surface area contributed by atoms with Crippen LogP contribution < -0.4 is 0 Å². The average Bonchev–Trinajstić information content (AvgIpc) is 3.61. The maximum atomic E-state index is 5.09. The van der Waals surface area contributed by atoms with Crippen molar-refractivity contribution >= 4 is 43.4 Å². The second-order valence-electron chi connectivity index (χ2n) is 14.1. The molecule has 0 N–H and O–H groups in total. The number of hydrogen-bond donors (Lipinski definition) is 0. The van der Waals surface area contributed by atoms with Gasteiger partial charge in [0.2, 0.25) is 0 Å². The van der Waals surface area contributed by atoms with Gasteiger partial charge in [-0.15, -0.1) is 0 Å². The molecule has 2 heterocycles. The van der Waals surface area contributed by atoms with E-state index in [9.17, 15) is 0 Å². The van der Waals surface area contributed by atoms with Crippen molar-refractivity contribution in [2.45, 2.75) is 0 Å². The van der Waals surface area contributed by atoms with Crippen molar-refractivity contribution in [1.82, 2.24) is 19.5 Å². The summed E-state index contributed by atoms with van der Waals surface area (Å²) in [5.41, 5.74) is 11.0. The lowest BCUT2D eigenvalue weighted by Crippen LogP contribution is -2.00. The van der Waals surface area contributed by atoms with Gasteiger partial charge in [-0.05, 0) is 74.1 Å². The minimum atomic E-state index is 0.638. The summed E-state index contributed by atoms with van der Waals surface area (Å²) in [7, 11) is 0. The first-order valence-corrected chi connectivity index (χ1v) is 18.6. The van der Waals surface area contributed by atoms with Crippen LogP contribution in [0.3, 0.4) is 0 Å². The molecule has 0 saturated heterocycles. The predicted octanol–water partition coefficient (Wildman–Crippen LogP) is 13.0. The van der Waals surface area contributed by atoms with E-state index < -0.39 is 0 Å². The molecule has 4 heteroatoms. The van der Waals surface area contributed by atoms with E-state index in [1.54, 1.807) is 0 Å². The van der Waals surface area contributed by atoms with Gasteiger partial charge in [0, 0.05) is 33.2 Å². The van der Waals surface area contributed by atoms with Gasteiger partial charge in [0.15, 0.2) is 17.5 Å². The molecule has 2 aromatic heterocycles. The molecule has 11 rings (SSSR count). The molecule has 0 aliphatic rings. The number of rotatable bonds is 6. The summed E-state index contributed by atoms with van der Waals surface area (Å²) in [6.45, 7) is 0. The van der Waals surface area contributed by atoms with Gasteiger partial charge >= 0.3 is 0 Å². The van der Waals surface area contributed by atoms with Crippen molar-refractivity contribution in [1.29, 1.82) is 0 Å². The third-order valence-electron chi connectivity index (χ3n) is 10.8. The zero-order valence-corrected chi connectivity index (χ0v) is 29.8. The standard InChI is InChI=1S/C51H32N4/c1-3-9-33(10-4-1)35-17-23-39(24-18-35)49-52-50(40-25-19-36(20-26-40)34-11-5-2-6-12-34)54-51(53-49)43-28-27-42-32-44(30-29-41(42)31-43)55-45-15-7-13-37-21-22-38-14-8-16-46(55)48(38)47(37)45/h1-32H. The minimum Gasteiger partial charge on any atom is -0.309 e. The topological polar surface area (TPSA) is 43.6 Å². The molecular formula is C51H32N4. The second kappa shape index (κ2) is 12.6. The highest BCUT2D eigenvalue weighted by Gasteiger charge is 2.17. The molecular weight excluding hydrogens is 669 g/mol. The molecule has 9 aromatic carbocycles. The molecule has 0 fully saturated rings. The summed E-state index contributed by atoms with van der Waals surface area (Å²) >= 11 is 0.